The zero-order chi connectivity index (χ0) is 13.1. The normalized spacial score (nSPS) is 13.6. The average Bonchev–Trinajstić information content (AvgIpc) is 2.25. The number of hydrogen-bond acceptors (Lipinski definition) is 3. The molecule has 0 spiro atoms. The van der Waals surface area contributed by atoms with Crippen LogP contribution in [0.15, 0.2) is 23.1 Å². The van der Waals surface area contributed by atoms with E-state index in [2.05, 4.69) is 4.72 Å². The predicted octanol–water partition coefficient (Wildman–Crippen LogP) is 1.56. The van der Waals surface area contributed by atoms with Crippen LogP contribution in [0.5, 0.6) is 0 Å². The molecule has 1 rings (SSSR count). The Morgan fingerprint density at radius 3 is 2.65 bits per heavy atom. The first-order valence-corrected chi connectivity index (χ1v) is 7.09. The minimum atomic E-state index is -3.61. The zero-order valence-electron chi connectivity index (χ0n) is 9.77. The summed E-state index contributed by atoms with van der Waals surface area (Å²) in [5.41, 5.74) is 0.901. The molecule has 0 aliphatic heterocycles. The Bertz CT molecular complexity index is 487. The molecule has 1 atom stereocenters. The molecular weight excluding hydrogens is 262 g/mol. The van der Waals surface area contributed by atoms with Crippen LogP contribution in [-0.2, 0) is 10.0 Å². The molecule has 1 unspecified atom stereocenters. The summed E-state index contributed by atoms with van der Waals surface area (Å²) < 4.78 is 26.2. The van der Waals surface area contributed by atoms with Crippen LogP contribution < -0.4 is 4.72 Å². The maximum Gasteiger partial charge on any atom is 0.242 e. The number of aliphatic hydroxyl groups is 1. The highest BCUT2D eigenvalue weighted by atomic mass is 35.5. The molecule has 1 aromatic rings. The van der Waals surface area contributed by atoms with E-state index in [1.54, 1.807) is 19.1 Å². The van der Waals surface area contributed by atoms with Crippen molar-refractivity contribution in [3.05, 3.63) is 28.8 Å². The van der Waals surface area contributed by atoms with Gasteiger partial charge in [-0.2, -0.15) is 0 Å². The maximum atomic E-state index is 11.9. The number of halogens is 1. The lowest BCUT2D eigenvalue weighted by molar-refractivity contribution is 0.238. The van der Waals surface area contributed by atoms with Gasteiger partial charge in [0.25, 0.3) is 0 Å². The van der Waals surface area contributed by atoms with E-state index in [1.165, 1.54) is 6.07 Å². The highest BCUT2D eigenvalue weighted by molar-refractivity contribution is 7.89. The van der Waals surface area contributed by atoms with Crippen molar-refractivity contribution in [1.82, 2.24) is 4.72 Å². The van der Waals surface area contributed by atoms with Crippen LogP contribution in [0.3, 0.4) is 0 Å². The molecule has 0 saturated heterocycles. The summed E-state index contributed by atoms with van der Waals surface area (Å²) in [4.78, 5) is 0.0647. The number of aliphatic hydroxyl groups excluding tert-OH is 1. The fourth-order valence-corrected chi connectivity index (χ4v) is 2.98. The fraction of sp³-hybridized carbons (Fsp3) is 0.455. The number of hydrogen-bond donors (Lipinski definition) is 2. The van der Waals surface area contributed by atoms with Crippen molar-refractivity contribution in [3.8, 4) is 0 Å². The minimum Gasteiger partial charge on any atom is -0.396 e. The molecular formula is C11H16ClNO3S. The molecule has 17 heavy (non-hydrogen) atoms. The zero-order valence-corrected chi connectivity index (χ0v) is 11.3. The van der Waals surface area contributed by atoms with E-state index in [9.17, 15) is 8.42 Å². The van der Waals surface area contributed by atoms with Crippen molar-refractivity contribution in [1.29, 1.82) is 0 Å². The molecule has 0 amide bonds. The van der Waals surface area contributed by atoms with Crippen molar-refractivity contribution in [2.45, 2.75) is 18.7 Å². The second-order valence-electron chi connectivity index (χ2n) is 4.07. The summed E-state index contributed by atoms with van der Waals surface area (Å²) in [5, 5.41) is 9.04. The molecule has 4 nitrogen and oxygen atoms in total. The standard InChI is InChI=1S/C11H16ClNO3S/c1-8-3-4-11(10(12)5-8)17(15,16)13-6-9(2)7-14/h3-5,9,13-14H,6-7H2,1-2H3. The van der Waals surface area contributed by atoms with E-state index in [4.69, 9.17) is 16.7 Å². The number of nitrogens with one attached hydrogen (secondary N) is 1. The summed E-state index contributed by atoms with van der Waals surface area (Å²) in [6.07, 6.45) is 0. The van der Waals surface area contributed by atoms with Gasteiger partial charge in [-0.1, -0.05) is 24.6 Å². The van der Waals surface area contributed by atoms with Crippen LogP contribution in [0.1, 0.15) is 12.5 Å². The van der Waals surface area contributed by atoms with Gasteiger partial charge in [-0.25, -0.2) is 13.1 Å². The van der Waals surface area contributed by atoms with Crippen LogP contribution in [0.25, 0.3) is 0 Å². The molecule has 96 valence electrons. The molecule has 0 bridgehead atoms. The van der Waals surface area contributed by atoms with Gasteiger partial charge in [-0.15, -0.1) is 0 Å². The van der Waals surface area contributed by atoms with E-state index < -0.39 is 10.0 Å². The van der Waals surface area contributed by atoms with Gasteiger partial charge >= 0.3 is 0 Å². The SMILES string of the molecule is Cc1ccc(S(=O)(=O)NCC(C)CO)c(Cl)c1. The van der Waals surface area contributed by atoms with Crippen molar-refractivity contribution in [3.63, 3.8) is 0 Å². The first-order valence-electron chi connectivity index (χ1n) is 5.23. The van der Waals surface area contributed by atoms with Crippen molar-refractivity contribution in [2.75, 3.05) is 13.2 Å². The molecule has 0 aliphatic rings. The molecule has 0 fully saturated rings. The first kappa shape index (κ1) is 14.4. The Morgan fingerprint density at radius 2 is 2.12 bits per heavy atom. The summed E-state index contributed by atoms with van der Waals surface area (Å²) in [6.45, 7) is 3.70. The molecule has 0 aliphatic carbocycles. The monoisotopic (exact) mass is 277 g/mol. The third kappa shape index (κ3) is 3.96. The molecule has 0 radical (unpaired) electrons. The Labute approximate surface area is 107 Å². The minimum absolute atomic E-state index is 0.0647. The summed E-state index contributed by atoms with van der Waals surface area (Å²) >= 11 is 5.89. The van der Waals surface area contributed by atoms with E-state index in [-0.39, 0.29) is 29.0 Å². The highest BCUT2D eigenvalue weighted by Crippen LogP contribution is 2.22. The summed E-state index contributed by atoms with van der Waals surface area (Å²) in [6, 6.07) is 4.77. The number of rotatable bonds is 5. The fourth-order valence-electron chi connectivity index (χ4n) is 1.22. The van der Waals surface area contributed by atoms with Crippen molar-refractivity contribution in [2.24, 2.45) is 5.92 Å². The Morgan fingerprint density at radius 1 is 1.47 bits per heavy atom. The van der Waals surface area contributed by atoms with E-state index >= 15 is 0 Å². The molecule has 2 N–H and O–H groups in total. The number of sulfonamides is 1. The quantitative estimate of drug-likeness (QED) is 0.858. The van der Waals surface area contributed by atoms with Gasteiger partial charge in [0.15, 0.2) is 0 Å². The highest BCUT2D eigenvalue weighted by Gasteiger charge is 2.18. The van der Waals surface area contributed by atoms with Gasteiger partial charge in [0.1, 0.15) is 4.90 Å². The van der Waals surface area contributed by atoms with Crippen LogP contribution in [0.2, 0.25) is 5.02 Å². The van der Waals surface area contributed by atoms with Gasteiger partial charge < -0.3 is 5.11 Å². The van der Waals surface area contributed by atoms with E-state index in [0.29, 0.717) is 0 Å². The molecule has 0 saturated carbocycles. The van der Waals surface area contributed by atoms with Gasteiger partial charge in [-0.05, 0) is 30.5 Å². The number of benzene rings is 1. The van der Waals surface area contributed by atoms with Crippen LogP contribution in [0, 0.1) is 12.8 Å². The van der Waals surface area contributed by atoms with Crippen molar-refractivity contribution < 1.29 is 13.5 Å². The van der Waals surface area contributed by atoms with Gasteiger partial charge in [0.05, 0.1) is 5.02 Å². The van der Waals surface area contributed by atoms with Gasteiger partial charge in [0.2, 0.25) is 10.0 Å². The van der Waals surface area contributed by atoms with Gasteiger partial charge in [0, 0.05) is 13.2 Å². The first-order chi connectivity index (χ1) is 7.86. The maximum absolute atomic E-state index is 11.9. The topological polar surface area (TPSA) is 66.4 Å². The third-order valence-corrected chi connectivity index (χ3v) is 4.22. The summed E-state index contributed by atoms with van der Waals surface area (Å²) in [7, 11) is -3.61. The smallest absolute Gasteiger partial charge is 0.242 e. The lowest BCUT2D eigenvalue weighted by atomic mass is 10.2. The Kier molecular flexibility index (Phi) is 4.94. The Balaban J connectivity index is 2.90. The molecule has 1 aromatic carbocycles. The van der Waals surface area contributed by atoms with E-state index in [1.807, 2.05) is 6.92 Å². The van der Waals surface area contributed by atoms with E-state index in [0.717, 1.165) is 5.56 Å². The largest absolute Gasteiger partial charge is 0.396 e. The van der Waals surface area contributed by atoms with Crippen LogP contribution in [-0.4, -0.2) is 26.7 Å². The predicted molar refractivity (Wildman–Crippen MR) is 67.6 cm³/mol. The summed E-state index contributed by atoms with van der Waals surface area (Å²) in [5.74, 6) is -0.131. The lowest BCUT2D eigenvalue weighted by Gasteiger charge is -2.11. The average molecular weight is 278 g/mol. The lowest BCUT2D eigenvalue weighted by Crippen LogP contribution is -2.29. The molecule has 0 heterocycles. The number of aryl methyl sites for hydroxylation is 1. The van der Waals surface area contributed by atoms with Crippen molar-refractivity contribution >= 4 is 21.6 Å². The second kappa shape index (κ2) is 5.82. The molecule has 6 heteroatoms. The van der Waals surface area contributed by atoms with Crippen LogP contribution >= 0.6 is 11.6 Å². The second-order valence-corrected chi connectivity index (χ2v) is 6.22. The third-order valence-electron chi connectivity index (χ3n) is 2.31. The van der Waals surface area contributed by atoms with Gasteiger partial charge in [-0.3, -0.25) is 0 Å². The van der Waals surface area contributed by atoms with Crippen LogP contribution in [0.4, 0.5) is 0 Å². The Hall–Kier alpha value is -0.620. The molecule has 0 aromatic heterocycles.